The predicted octanol–water partition coefficient (Wildman–Crippen LogP) is 3.99. The highest BCUT2D eigenvalue weighted by atomic mass is 79.9. The number of amides is 1. The highest BCUT2D eigenvalue weighted by Gasteiger charge is 2.09. The molecule has 0 spiro atoms. The lowest BCUT2D eigenvalue weighted by Crippen LogP contribution is -2.12. The van der Waals surface area contributed by atoms with Gasteiger partial charge in [0.2, 0.25) is 0 Å². The zero-order chi connectivity index (χ0) is 14.7. The van der Waals surface area contributed by atoms with Gasteiger partial charge in [-0.05, 0) is 58.2 Å². The van der Waals surface area contributed by atoms with Crippen molar-refractivity contribution in [3.8, 4) is 0 Å². The van der Waals surface area contributed by atoms with Crippen molar-refractivity contribution in [3.63, 3.8) is 0 Å². The molecule has 0 aromatic heterocycles. The van der Waals surface area contributed by atoms with Crippen LogP contribution < -0.4 is 11.1 Å². The van der Waals surface area contributed by atoms with Crippen molar-refractivity contribution in [1.82, 2.24) is 0 Å². The van der Waals surface area contributed by atoms with Gasteiger partial charge in [0, 0.05) is 16.9 Å². The first kappa shape index (κ1) is 14.5. The zero-order valence-corrected chi connectivity index (χ0v) is 12.5. The molecule has 0 saturated heterocycles. The van der Waals surface area contributed by atoms with Crippen LogP contribution in [0.5, 0.6) is 0 Å². The summed E-state index contributed by atoms with van der Waals surface area (Å²) in [4.78, 5) is 12.0. The number of carbonyl (C=O) groups is 1. The molecule has 0 aliphatic carbocycles. The lowest BCUT2D eigenvalue weighted by molar-refractivity contribution is 0.102. The summed E-state index contributed by atoms with van der Waals surface area (Å²) in [6, 6.07) is 9.58. The van der Waals surface area contributed by atoms with Crippen molar-refractivity contribution in [2.24, 2.45) is 0 Å². The molecule has 0 radical (unpaired) electrons. The number of hydrogen-bond donors (Lipinski definition) is 2. The van der Waals surface area contributed by atoms with Gasteiger partial charge in [0.05, 0.1) is 4.47 Å². The van der Waals surface area contributed by atoms with Crippen molar-refractivity contribution in [3.05, 3.63) is 57.8 Å². The number of nitrogens with one attached hydrogen (secondary N) is 1. The Hall–Kier alpha value is -1.88. The third-order valence-electron chi connectivity index (χ3n) is 2.97. The lowest BCUT2D eigenvalue weighted by Gasteiger charge is -2.09. The van der Waals surface area contributed by atoms with Crippen molar-refractivity contribution in [1.29, 1.82) is 0 Å². The van der Waals surface area contributed by atoms with Gasteiger partial charge < -0.3 is 11.1 Å². The van der Waals surface area contributed by atoms with Gasteiger partial charge in [0.15, 0.2) is 0 Å². The summed E-state index contributed by atoms with van der Waals surface area (Å²) >= 11 is 3.05. The molecule has 0 saturated carbocycles. The maximum Gasteiger partial charge on any atom is 0.255 e. The van der Waals surface area contributed by atoms with Gasteiger partial charge >= 0.3 is 0 Å². The summed E-state index contributed by atoms with van der Waals surface area (Å²) < 4.78 is 13.7. The Bertz CT molecular complexity index is 658. The van der Waals surface area contributed by atoms with Crippen molar-refractivity contribution >= 4 is 33.2 Å². The topological polar surface area (TPSA) is 55.1 Å². The molecule has 104 valence electrons. The molecule has 0 bridgehead atoms. The van der Waals surface area contributed by atoms with E-state index in [2.05, 4.69) is 21.2 Å². The summed E-state index contributed by atoms with van der Waals surface area (Å²) in [5.41, 5.74) is 8.37. The molecule has 1 amide bonds. The van der Waals surface area contributed by atoms with Crippen LogP contribution in [0.25, 0.3) is 0 Å². The quantitative estimate of drug-likeness (QED) is 0.832. The Labute approximate surface area is 125 Å². The predicted molar refractivity (Wildman–Crippen MR) is 82.3 cm³/mol. The number of benzene rings is 2. The van der Waals surface area contributed by atoms with Gasteiger partial charge in [-0.1, -0.05) is 13.0 Å². The molecular weight excluding hydrogens is 323 g/mol. The number of hydrogen-bond acceptors (Lipinski definition) is 2. The Morgan fingerprint density at radius 3 is 2.65 bits per heavy atom. The van der Waals surface area contributed by atoms with Crippen molar-refractivity contribution in [2.75, 3.05) is 11.1 Å². The van der Waals surface area contributed by atoms with E-state index in [9.17, 15) is 9.18 Å². The molecule has 0 aliphatic rings. The molecular formula is C15H14BrFN2O. The second-order valence-corrected chi connectivity index (χ2v) is 5.20. The van der Waals surface area contributed by atoms with E-state index in [1.807, 2.05) is 13.0 Å². The van der Waals surface area contributed by atoms with E-state index >= 15 is 0 Å². The molecule has 5 heteroatoms. The van der Waals surface area contributed by atoms with Crippen molar-refractivity contribution < 1.29 is 9.18 Å². The Balaban J connectivity index is 2.19. The minimum Gasteiger partial charge on any atom is -0.398 e. The first-order valence-corrected chi connectivity index (χ1v) is 6.95. The van der Waals surface area contributed by atoms with E-state index in [-0.39, 0.29) is 11.5 Å². The minimum atomic E-state index is -0.474. The van der Waals surface area contributed by atoms with E-state index in [4.69, 9.17) is 5.73 Å². The SMILES string of the molecule is CCc1ccc(NC(=O)c2ccc(Br)c(F)c2)cc1N. The summed E-state index contributed by atoms with van der Waals surface area (Å²) in [7, 11) is 0. The zero-order valence-electron chi connectivity index (χ0n) is 10.9. The molecule has 0 atom stereocenters. The van der Waals surface area contributed by atoms with Crippen LogP contribution in [0.3, 0.4) is 0 Å². The molecule has 0 fully saturated rings. The monoisotopic (exact) mass is 336 g/mol. The maximum absolute atomic E-state index is 13.4. The molecule has 2 aromatic rings. The van der Waals surface area contributed by atoms with Crippen LogP contribution in [0.1, 0.15) is 22.8 Å². The van der Waals surface area contributed by atoms with Crippen LogP contribution >= 0.6 is 15.9 Å². The number of aryl methyl sites for hydroxylation is 1. The summed E-state index contributed by atoms with van der Waals surface area (Å²) in [5, 5.41) is 2.70. The van der Waals surface area contributed by atoms with Crippen LogP contribution in [0.2, 0.25) is 0 Å². The number of halogens is 2. The maximum atomic E-state index is 13.4. The first-order chi connectivity index (χ1) is 9.51. The molecule has 2 rings (SSSR count). The average molecular weight is 337 g/mol. The molecule has 2 aromatic carbocycles. The minimum absolute atomic E-state index is 0.254. The fraction of sp³-hybridized carbons (Fsp3) is 0.133. The van der Waals surface area contributed by atoms with E-state index < -0.39 is 5.82 Å². The van der Waals surface area contributed by atoms with Gasteiger partial charge in [-0.25, -0.2) is 4.39 Å². The number of carbonyl (C=O) groups excluding carboxylic acids is 1. The smallest absolute Gasteiger partial charge is 0.255 e. The van der Waals surface area contributed by atoms with Gasteiger partial charge in [-0.15, -0.1) is 0 Å². The molecule has 0 unspecified atom stereocenters. The van der Waals surface area contributed by atoms with Gasteiger partial charge in [0.1, 0.15) is 5.82 Å². The third kappa shape index (κ3) is 3.17. The molecule has 3 N–H and O–H groups in total. The van der Waals surface area contributed by atoms with E-state index in [0.717, 1.165) is 12.0 Å². The van der Waals surface area contributed by atoms with Crippen LogP contribution in [0, 0.1) is 5.82 Å². The van der Waals surface area contributed by atoms with Crippen molar-refractivity contribution in [2.45, 2.75) is 13.3 Å². The van der Waals surface area contributed by atoms with E-state index in [1.165, 1.54) is 12.1 Å². The normalized spacial score (nSPS) is 10.3. The van der Waals surface area contributed by atoms with Crippen LogP contribution in [-0.4, -0.2) is 5.91 Å². The second kappa shape index (κ2) is 6.05. The third-order valence-corrected chi connectivity index (χ3v) is 3.61. The molecule has 3 nitrogen and oxygen atoms in total. The number of nitrogens with two attached hydrogens (primary N) is 1. The lowest BCUT2D eigenvalue weighted by atomic mass is 10.1. The fourth-order valence-corrected chi connectivity index (χ4v) is 2.08. The van der Waals surface area contributed by atoms with Gasteiger partial charge in [-0.2, -0.15) is 0 Å². The Morgan fingerprint density at radius 2 is 2.05 bits per heavy atom. The second-order valence-electron chi connectivity index (χ2n) is 4.35. The number of nitrogen functional groups attached to an aromatic ring is 1. The van der Waals surface area contributed by atoms with Crippen LogP contribution in [0.15, 0.2) is 40.9 Å². The first-order valence-electron chi connectivity index (χ1n) is 6.16. The van der Waals surface area contributed by atoms with Crippen LogP contribution in [-0.2, 0) is 6.42 Å². The Kier molecular flexibility index (Phi) is 4.39. The van der Waals surface area contributed by atoms with Crippen LogP contribution in [0.4, 0.5) is 15.8 Å². The fourth-order valence-electron chi connectivity index (χ4n) is 1.84. The molecule has 0 aliphatic heterocycles. The standard InChI is InChI=1S/C15H14BrFN2O/c1-2-9-3-5-11(8-14(9)18)19-15(20)10-4-6-12(16)13(17)7-10/h3-8H,2,18H2,1H3,(H,19,20). The van der Waals surface area contributed by atoms with Gasteiger partial charge in [0.25, 0.3) is 5.91 Å². The van der Waals surface area contributed by atoms with Gasteiger partial charge in [-0.3, -0.25) is 4.79 Å². The summed E-state index contributed by atoms with van der Waals surface area (Å²) in [5.74, 6) is -0.849. The summed E-state index contributed by atoms with van der Waals surface area (Å²) in [6.45, 7) is 2.01. The van der Waals surface area contributed by atoms with E-state index in [1.54, 1.807) is 18.2 Å². The van der Waals surface area contributed by atoms with E-state index in [0.29, 0.717) is 15.8 Å². The molecule has 0 heterocycles. The average Bonchev–Trinajstić information content (AvgIpc) is 2.42. The molecule has 20 heavy (non-hydrogen) atoms. The number of rotatable bonds is 3. The number of anilines is 2. The highest BCUT2D eigenvalue weighted by Crippen LogP contribution is 2.20. The highest BCUT2D eigenvalue weighted by molar-refractivity contribution is 9.10. The largest absolute Gasteiger partial charge is 0.398 e. The Morgan fingerprint density at radius 1 is 1.30 bits per heavy atom. The summed E-state index contributed by atoms with van der Waals surface area (Å²) in [6.07, 6.45) is 0.831.